The molecular weight excluding hydrogens is 366 g/mol. The van der Waals surface area contributed by atoms with Crippen LogP contribution < -0.4 is 16.6 Å². The van der Waals surface area contributed by atoms with Crippen LogP contribution in [-0.2, 0) is 5.54 Å². The van der Waals surface area contributed by atoms with Crippen molar-refractivity contribution in [3.05, 3.63) is 125 Å². The first-order valence-electron chi connectivity index (χ1n) is 10.4. The van der Waals surface area contributed by atoms with Crippen molar-refractivity contribution in [2.75, 3.05) is 5.73 Å². The van der Waals surface area contributed by atoms with E-state index in [1.165, 1.54) is 16.7 Å². The Labute approximate surface area is 177 Å². The summed E-state index contributed by atoms with van der Waals surface area (Å²) in [7, 11) is 0. The van der Waals surface area contributed by atoms with Crippen LogP contribution in [-0.4, -0.2) is 0 Å². The summed E-state index contributed by atoms with van der Waals surface area (Å²) < 4.78 is 0. The van der Waals surface area contributed by atoms with Gasteiger partial charge in [0.05, 0.1) is 5.70 Å². The van der Waals surface area contributed by atoms with E-state index >= 15 is 0 Å². The molecule has 3 nitrogen and oxygen atoms in total. The van der Waals surface area contributed by atoms with Crippen LogP contribution in [0.25, 0.3) is 11.3 Å². The van der Waals surface area contributed by atoms with E-state index in [2.05, 4.69) is 95.8 Å². The number of hydrogen-bond donors (Lipinski definition) is 3. The molecular formula is C27H25N3. The topological polar surface area (TPSA) is 50.1 Å². The molecule has 1 aliphatic carbocycles. The molecule has 5 rings (SSSR count). The third kappa shape index (κ3) is 3.34. The van der Waals surface area contributed by atoms with Gasteiger partial charge in [-0.05, 0) is 58.9 Å². The van der Waals surface area contributed by atoms with Gasteiger partial charge in [0.15, 0.2) is 0 Å². The summed E-state index contributed by atoms with van der Waals surface area (Å²) >= 11 is 0. The van der Waals surface area contributed by atoms with E-state index in [4.69, 9.17) is 5.73 Å². The van der Waals surface area contributed by atoms with Gasteiger partial charge in [0.25, 0.3) is 0 Å². The highest BCUT2D eigenvalue weighted by atomic mass is 15.4. The lowest BCUT2D eigenvalue weighted by Crippen LogP contribution is -2.43. The number of rotatable bonds is 4. The normalized spacial score (nSPS) is 20.4. The summed E-state index contributed by atoms with van der Waals surface area (Å²) in [5.41, 5.74) is 20.3. The number of nitrogens with one attached hydrogen (secondary N) is 2. The Balaban J connectivity index is 1.53. The molecule has 0 saturated carbocycles. The summed E-state index contributed by atoms with van der Waals surface area (Å²) in [4.78, 5) is 0. The first-order chi connectivity index (χ1) is 14.7. The molecule has 1 heterocycles. The zero-order valence-electron chi connectivity index (χ0n) is 16.8. The molecule has 0 amide bonds. The summed E-state index contributed by atoms with van der Waals surface area (Å²) in [5.74, 6) is 0. The van der Waals surface area contributed by atoms with Crippen molar-refractivity contribution in [3.63, 3.8) is 0 Å². The van der Waals surface area contributed by atoms with Crippen molar-refractivity contribution in [2.24, 2.45) is 0 Å². The highest BCUT2D eigenvalue weighted by Gasteiger charge is 2.36. The minimum atomic E-state index is -0.461. The van der Waals surface area contributed by atoms with Crippen LogP contribution in [0.2, 0.25) is 0 Å². The first-order valence-corrected chi connectivity index (χ1v) is 10.4. The van der Waals surface area contributed by atoms with Crippen LogP contribution in [0, 0.1) is 0 Å². The van der Waals surface area contributed by atoms with Gasteiger partial charge >= 0.3 is 0 Å². The second-order valence-electron chi connectivity index (χ2n) is 7.82. The minimum Gasteiger partial charge on any atom is -0.399 e. The van der Waals surface area contributed by atoms with Gasteiger partial charge in [-0.15, -0.1) is 0 Å². The predicted molar refractivity (Wildman–Crippen MR) is 125 cm³/mol. The van der Waals surface area contributed by atoms with Crippen molar-refractivity contribution in [1.29, 1.82) is 0 Å². The second-order valence-corrected chi connectivity index (χ2v) is 7.82. The number of allylic oxidation sites excluding steroid dienone is 4. The fraction of sp³-hybridized carbons (Fsp3) is 0.111. The Hall–Kier alpha value is -3.56. The molecule has 1 unspecified atom stereocenters. The van der Waals surface area contributed by atoms with E-state index in [-0.39, 0.29) is 0 Å². The van der Waals surface area contributed by atoms with Gasteiger partial charge in [-0.1, -0.05) is 85.0 Å². The van der Waals surface area contributed by atoms with E-state index in [0.29, 0.717) is 0 Å². The van der Waals surface area contributed by atoms with Gasteiger partial charge in [0, 0.05) is 5.69 Å². The molecule has 148 valence electrons. The molecule has 3 aromatic carbocycles. The minimum absolute atomic E-state index is 0.461. The largest absolute Gasteiger partial charge is 0.399 e. The third-order valence-electron chi connectivity index (χ3n) is 5.87. The molecule has 0 spiro atoms. The fourth-order valence-electron chi connectivity index (χ4n) is 4.20. The lowest BCUT2D eigenvalue weighted by molar-refractivity contribution is 0.490. The zero-order valence-corrected chi connectivity index (χ0v) is 16.8. The molecule has 1 atom stereocenters. The molecule has 0 saturated heterocycles. The number of hydrogen-bond acceptors (Lipinski definition) is 3. The molecule has 0 bridgehead atoms. The van der Waals surface area contributed by atoms with Crippen LogP contribution in [0.3, 0.4) is 0 Å². The van der Waals surface area contributed by atoms with Gasteiger partial charge in [-0.3, -0.25) is 0 Å². The third-order valence-corrected chi connectivity index (χ3v) is 5.87. The predicted octanol–water partition coefficient (Wildman–Crippen LogP) is 5.39. The van der Waals surface area contributed by atoms with Gasteiger partial charge in [0.2, 0.25) is 0 Å². The Bertz CT molecular complexity index is 1120. The first kappa shape index (κ1) is 18.5. The maximum absolute atomic E-state index is 5.94. The SMILES string of the molecule is Nc1ccc(C2(c3ccccc3)C=C(c3ccc(C4=CCCC=C4)cc3)NN2)cc1. The Morgan fingerprint density at radius 2 is 1.43 bits per heavy atom. The number of hydrazine groups is 1. The second kappa shape index (κ2) is 7.69. The van der Waals surface area contributed by atoms with Gasteiger partial charge in [-0.2, -0.15) is 0 Å². The highest BCUT2D eigenvalue weighted by molar-refractivity contribution is 5.77. The van der Waals surface area contributed by atoms with Gasteiger partial charge in [0.1, 0.15) is 5.54 Å². The average molecular weight is 392 g/mol. The van der Waals surface area contributed by atoms with Crippen molar-refractivity contribution < 1.29 is 0 Å². The maximum Gasteiger partial charge on any atom is 0.107 e. The Kier molecular flexibility index (Phi) is 4.74. The highest BCUT2D eigenvalue weighted by Crippen LogP contribution is 2.37. The van der Waals surface area contributed by atoms with Gasteiger partial charge in [-0.25, -0.2) is 5.43 Å². The lowest BCUT2D eigenvalue weighted by atomic mass is 9.83. The molecule has 4 N–H and O–H groups in total. The molecule has 3 heteroatoms. The summed E-state index contributed by atoms with van der Waals surface area (Å²) in [6, 6.07) is 27.3. The van der Waals surface area contributed by atoms with Crippen LogP contribution in [0.4, 0.5) is 5.69 Å². The monoisotopic (exact) mass is 391 g/mol. The average Bonchev–Trinajstić information content (AvgIpc) is 3.27. The summed E-state index contributed by atoms with van der Waals surface area (Å²) in [6.07, 6.45) is 11.3. The van der Waals surface area contributed by atoms with Crippen LogP contribution in [0.5, 0.6) is 0 Å². The molecule has 2 aliphatic rings. The van der Waals surface area contributed by atoms with Crippen LogP contribution in [0.15, 0.2) is 103 Å². The van der Waals surface area contributed by atoms with E-state index < -0.39 is 5.54 Å². The molecule has 3 aromatic rings. The number of anilines is 1. The maximum atomic E-state index is 5.94. The zero-order chi connectivity index (χ0) is 20.4. The molecule has 0 aromatic heterocycles. The fourth-order valence-corrected chi connectivity index (χ4v) is 4.20. The van der Waals surface area contributed by atoms with Crippen molar-refractivity contribution in [1.82, 2.24) is 10.9 Å². The van der Waals surface area contributed by atoms with Gasteiger partial charge < -0.3 is 11.2 Å². The van der Waals surface area contributed by atoms with Crippen molar-refractivity contribution >= 4 is 17.0 Å². The summed E-state index contributed by atoms with van der Waals surface area (Å²) in [5, 5.41) is 0. The van der Waals surface area contributed by atoms with E-state index in [1.807, 2.05) is 18.2 Å². The molecule has 30 heavy (non-hydrogen) atoms. The quantitative estimate of drug-likeness (QED) is 0.522. The Morgan fingerprint density at radius 1 is 0.733 bits per heavy atom. The molecule has 1 aliphatic heterocycles. The molecule has 0 radical (unpaired) electrons. The van der Waals surface area contributed by atoms with Crippen molar-refractivity contribution in [3.8, 4) is 0 Å². The molecule has 0 fully saturated rings. The van der Waals surface area contributed by atoms with Crippen LogP contribution in [0.1, 0.15) is 35.1 Å². The number of benzene rings is 3. The van der Waals surface area contributed by atoms with E-state index in [1.54, 1.807) is 0 Å². The van der Waals surface area contributed by atoms with E-state index in [9.17, 15) is 0 Å². The van der Waals surface area contributed by atoms with E-state index in [0.717, 1.165) is 35.4 Å². The van der Waals surface area contributed by atoms with Crippen molar-refractivity contribution in [2.45, 2.75) is 18.4 Å². The van der Waals surface area contributed by atoms with Crippen LogP contribution >= 0.6 is 0 Å². The number of nitrogen functional groups attached to an aromatic ring is 1. The Morgan fingerprint density at radius 3 is 2.13 bits per heavy atom. The number of nitrogens with two attached hydrogens (primary N) is 1. The standard InChI is InChI=1S/C27H25N3/c28-25-17-15-24(16-18-25)27(23-9-5-2-6-10-23)19-26(29-30-27)22-13-11-21(12-14-22)20-7-3-1-4-8-20/h2-3,5-19,29-30H,1,4,28H2. The smallest absolute Gasteiger partial charge is 0.107 e. The summed E-state index contributed by atoms with van der Waals surface area (Å²) in [6.45, 7) is 0. The lowest BCUT2D eigenvalue weighted by Gasteiger charge is -2.28.